The smallest absolute Gasteiger partial charge is 0.281 e. The van der Waals surface area contributed by atoms with Crippen molar-refractivity contribution in [2.75, 3.05) is 12.4 Å². The molecular formula is C18H22N2O4S. The molecule has 1 aliphatic carbocycles. The molecule has 1 amide bonds. The maximum atomic E-state index is 12.7. The lowest BCUT2D eigenvalue weighted by atomic mass is 10.2. The number of carbonyl (C=O) groups excluding carboxylic acids is 1. The van der Waals surface area contributed by atoms with Crippen LogP contribution in [0.25, 0.3) is 10.9 Å². The number of nitrogens with zero attached hydrogens (tertiary/aromatic N) is 1. The van der Waals surface area contributed by atoms with E-state index in [9.17, 15) is 13.2 Å². The highest BCUT2D eigenvalue weighted by Gasteiger charge is 2.28. The van der Waals surface area contributed by atoms with Crippen LogP contribution in [-0.4, -0.2) is 37.4 Å². The quantitative estimate of drug-likeness (QED) is 0.855. The van der Waals surface area contributed by atoms with Crippen molar-refractivity contribution in [1.29, 1.82) is 0 Å². The first-order valence-electron chi connectivity index (χ1n) is 8.76. The van der Waals surface area contributed by atoms with E-state index >= 15 is 0 Å². The molecule has 1 aromatic carbocycles. The van der Waals surface area contributed by atoms with E-state index in [1.54, 1.807) is 6.07 Å². The Morgan fingerprint density at radius 3 is 2.76 bits per heavy atom. The molecule has 2 aromatic rings. The molecule has 4 rings (SSSR count). The van der Waals surface area contributed by atoms with Crippen LogP contribution in [0.15, 0.2) is 30.3 Å². The Morgan fingerprint density at radius 2 is 2.04 bits per heavy atom. The van der Waals surface area contributed by atoms with E-state index in [0.717, 1.165) is 43.1 Å². The molecule has 0 unspecified atom stereocenters. The van der Waals surface area contributed by atoms with Crippen molar-refractivity contribution in [3.8, 4) is 0 Å². The monoisotopic (exact) mass is 362 g/mol. The number of hydrogen-bond acceptors (Lipinski definition) is 4. The first-order valence-corrected chi connectivity index (χ1v) is 10.4. The van der Waals surface area contributed by atoms with E-state index in [1.165, 1.54) is 0 Å². The Kier molecular flexibility index (Phi) is 4.29. The van der Waals surface area contributed by atoms with Gasteiger partial charge in [-0.25, -0.2) is 13.1 Å². The van der Waals surface area contributed by atoms with Gasteiger partial charge in [-0.05, 0) is 43.7 Å². The summed E-state index contributed by atoms with van der Waals surface area (Å²) in [7, 11) is -3.72. The van der Waals surface area contributed by atoms with Crippen molar-refractivity contribution >= 4 is 26.8 Å². The number of sulfonamides is 1. The topological polar surface area (TPSA) is 77.4 Å². The fourth-order valence-corrected chi connectivity index (χ4v) is 4.63. The van der Waals surface area contributed by atoms with Gasteiger partial charge in [-0.2, -0.15) is 0 Å². The third-order valence-corrected chi connectivity index (χ3v) is 6.17. The number of benzene rings is 1. The molecule has 6 nitrogen and oxygen atoms in total. The lowest BCUT2D eigenvalue weighted by Gasteiger charge is -2.13. The van der Waals surface area contributed by atoms with Crippen LogP contribution in [0.5, 0.6) is 0 Å². The van der Waals surface area contributed by atoms with Crippen LogP contribution in [0.1, 0.15) is 36.2 Å². The Hall–Kier alpha value is -1.86. The average molecular weight is 362 g/mol. The molecule has 2 aliphatic rings. The number of hydrogen-bond donors (Lipinski definition) is 1. The summed E-state index contributed by atoms with van der Waals surface area (Å²) in [6, 6.07) is 9.53. The minimum Gasteiger partial charge on any atom is -0.377 e. The molecule has 25 heavy (non-hydrogen) atoms. The summed E-state index contributed by atoms with van der Waals surface area (Å²) in [6.45, 7) is 1.34. The van der Waals surface area contributed by atoms with Gasteiger partial charge >= 0.3 is 0 Å². The van der Waals surface area contributed by atoms with E-state index in [1.807, 2.05) is 28.8 Å². The molecule has 0 spiro atoms. The summed E-state index contributed by atoms with van der Waals surface area (Å²) in [5.41, 5.74) is 1.38. The van der Waals surface area contributed by atoms with E-state index in [-0.39, 0.29) is 11.9 Å². The average Bonchev–Trinajstić information content (AvgIpc) is 3.10. The van der Waals surface area contributed by atoms with Crippen LogP contribution >= 0.6 is 0 Å². The third-order valence-electron chi connectivity index (χ3n) is 4.86. The number of amides is 1. The summed E-state index contributed by atoms with van der Waals surface area (Å²) >= 11 is 0. The molecule has 2 heterocycles. The zero-order valence-electron chi connectivity index (χ0n) is 14.0. The Bertz CT molecular complexity index is 893. The van der Waals surface area contributed by atoms with Crippen molar-refractivity contribution < 1.29 is 17.9 Å². The summed E-state index contributed by atoms with van der Waals surface area (Å²) in [5.74, 6) is -0.151. The van der Waals surface area contributed by atoms with Crippen LogP contribution in [0.2, 0.25) is 0 Å². The molecular weight excluding hydrogens is 340 g/mol. The van der Waals surface area contributed by atoms with Crippen molar-refractivity contribution in [1.82, 2.24) is 9.29 Å². The lowest BCUT2D eigenvalue weighted by Crippen LogP contribution is -2.37. The lowest BCUT2D eigenvalue weighted by molar-refractivity contribution is 0.0971. The second kappa shape index (κ2) is 6.46. The second-order valence-corrected chi connectivity index (χ2v) is 8.76. The largest absolute Gasteiger partial charge is 0.377 e. The molecule has 0 bridgehead atoms. The standard InChI is InChI=1S/C18H22N2O4S/c21-18(19-25(22,23)12-15-5-3-9-24-15)17-10-14-4-1-2-6-16(14)20(17)11-13-7-8-13/h1-2,4,6,10,13,15H,3,5,7-9,11-12H2,(H,19,21)/t15-/m1/s1. The van der Waals surface area contributed by atoms with Gasteiger partial charge in [0.1, 0.15) is 5.69 Å². The Morgan fingerprint density at radius 1 is 1.24 bits per heavy atom. The van der Waals surface area contributed by atoms with Crippen molar-refractivity contribution in [3.05, 3.63) is 36.0 Å². The minimum atomic E-state index is -3.72. The van der Waals surface area contributed by atoms with Gasteiger partial charge in [-0.1, -0.05) is 18.2 Å². The number of aromatic nitrogens is 1. The summed E-state index contributed by atoms with van der Waals surface area (Å²) in [4.78, 5) is 12.7. The number of fused-ring (bicyclic) bond motifs is 1. The summed E-state index contributed by atoms with van der Waals surface area (Å²) in [6.07, 6.45) is 3.58. The maximum absolute atomic E-state index is 12.7. The zero-order valence-corrected chi connectivity index (χ0v) is 14.8. The SMILES string of the molecule is O=C(NS(=O)(=O)C[C@H]1CCCO1)c1cc2ccccc2n1CC1CC1. The van der Waals surface area contributed by atoms with Gasteiger partial charge in [0.05, 0.1) is 11.9 Å². The van der Waals surface area contributed by atoms with Gasteiger partial charge < -0.3 is 9.30 Å². The predicted molar refractivity (Wildman–Crippen MR) is 94.9 cm³/mol. The molecule has 1 atom stereocenters. The summed E-state index contributed by atoms with van der Waals surface area (Å²) < 4.78 is 34.2. The van der Waals surface area contributed by atoms with Gasteiger partial charge in [0.25, 0.3) is 5.91 Å². The first-order chi connectivity index (χ1) is 12.0. The Balaban J connectivity index is 1.58. The van der Waals surface area contributed by atoms with E-state index in [0.29, 0.717) is 18.2 Å². The van der Waals surface area contributed by atoms with Crippen LogP contribution < -0.4 is 4.72 Å². The molecule has 1 saturated heterocycles. The maximum Gasteiger partial charge on any atom is 0.281 e. The first kappa shape index (κ1) is 16.6. The molecule has 1 saturated carbocycles. The highest BCUT2D eigenvalue weighted by molar-refractivity contribution is 7.90. The van der Waals surface area contributed by atoms with Crippen molar-refractivity contribution in [2.45, 2.75) is 38.3 Å². The molecule has 0 radical (unpaired) electrons. The van der Waals surface area contributed by atoms with Crippen molar-refractivity contribution in [3.63, 3.8) is 0 Å². The van der Waals surface area contributed by atoms with E-state index in [2.05, 4.69) is 4.72 Å². The molecule has 2 fully saturated rings. The molecule has 1 aromatic heterocycles. The predicted octanol–water partition coefficient (Wildman–Crippen LogP) is 2.29. The third kappa shape index (κ3) is 3.72. The molecule has 1 N–H and O–H groups in total. The van der Waals surface area contributed by atoms with Gasteiger partial charge in [0.15, 0.2) is 0 Å². The van der Waals surface area contributed by atoms with Gasteiger partial charge in [-0.3, -0.25) is 4.79 Å². The Labute approximate surface area is 147 Å². The van der Waals surface area contributed by atoms with Crippen LogP contribution in [0.3, 0.4) is 0 Å². The number of rotatable bonds is 6. The minimum absolute atomic E-state index is 0.165. The zero-order chi connectivity index (χ0) is 17.4. The second-order valence-electron chi connectivity index (χ2n) is 6.99. The number of nitrogens with one attached hydrogen (secondary N) is 1. The molecule has 1 aliphatic heterocycles. The number of para-hydroxylation sites is 1. The van der Waals surface area contributed by atoms with Crippen LogP contribution in [0, 0.1) is 5.92 Å². The van der Waals surface area contributed by atoms with Crippen molar-refractivity contribution in [2.24, 2.45) is 5.92 Å². The fraction of sp³-hybridized carbons (Fsp3) is 0.500. The van der Waals surface area contributed by atoms with E-state index < -0.39 is 15.9 Å². The van der Waals surface area contributed by atoms with Gasteiger partial charge in [-0.15, -0.1) is 0 Å². The fourth-order valence-electron chi connectivity index (χ4n) is 3.41. The number of ether oxygens (including phenoxy) is 1. The van der Waals surface area contributed by atoms with Gasteiger partial charge in [0.2, 0.25) is 10.0 Å². The van der Waals surface area contributed by atoms with E-state index in [4.69, 9.17) is 4.74 Å². The van der Waals surface area contributed by atoms with Gasteiger partial charge in [0, 0.05) is 24.1 Å². The molecule has 7 heteroatoms. The number of carbonyl (C=O) groups is 1. The summed E-state index contributed by atoms with van der Waals surface area (Å²) in [5, 5.41) is 0.949. The highest BCUT2D eigenvalue weighted by atomic mass is 32.2. The normalized spacial score (nSPS) is 20.9. The van der Waals surface area contributed by atoms with Crippen LogP contribution in [-0.2, 0) is 21.3 Å². The molecule has 134 valence electrons. The highest BCUT2D eigenvalue weighted by Crippen LogP contribution is 2.33. The van der Waals surface area contributed by atoms with Crippen LogP contribution in [0.4, 0.5) is 0 Å².